The third-order valence-corrected chi connectivity index (χ3v) is 10.6. The van der Waals surface area contributed by atoms with Crippen LogP contribution in [0.5, 0.6) is 0 Å². The number of imidazole rings is 1. The molecule has 0 unspecified atom stereocenters. The fraction of sp³-hybridized carbons (Fsp3) is 0.0513. The first-order valence-corrected chi connectivity index (χ1v) is 17.3. The number of thiazole rings is 1. The molecule has 0 amide bonds. The Bertz CT molecular complexity index is 2250. The lowest BCUT2D eigenvalue weighted by atomic mass is 9.77. The van der Waals surface area contributed by atoms with Gasteiger partial charge in [0.2, 0.25) is 0 Å². The molecule has 4 heterocycles. The van der Waals surface area contributed by atoms with Gasteiger partial charge in [-0.3, -0.25) is 9.08 Å². The molecule has 0 bridgehead atoms. The van der Waals surface area contributed by atoms with E-state index in [2.05, 4.69) is 46.4 Å². The van der Waals surface area contributed by atoms with Crippen LogP contribution in [0.15, 0.2) is 150 Å². The molecule has 0 fully saturated rings. The minimum atomic E-state index is -0.988. The standard InChI is InChI=1S/C39H27F2N5S2/c1-47-35-23-43-38(48-35)33-22-42-34-21-20-26(24-45(33)34)30-25-46(44-37(30)36-31(40)18-11-19-32(36)41)39(27-12-5-2-6-13-27,28-14-7-3-8-15-28)29-16-9-4-10-17-29/h2-25H,1H3. The van der Waals surface area contributed by atoms with Gasteiger partial charge in [-0.15, -0.1) is 23.1 Å². The minimum absolute atomic E-state index is 0.190. The van der Waals surface area contributed by atoms with E-state index >= 15 is 8.78 Å². The molecule has 8 aromatic rings. The second-order valence-corrected chi connectivity index (χ2v) is 13.4. The summed E-state index contributed by atoms with van der Waals surface area (Å²) in [6.45, 7) is 0. The van der Waals surface area contributed by atoms with Crippen molar-refractivity contribution >= 4 is 28.7 Å². The van der Waals surface area contributed by atoms with Crippen molar-refractivity contribution in [2.24, 2.45) is 0 Å². The van der Waals surface area contributed by atoms with E-state index in [1.807, 2.05) is 101 Å². The molecule has 4 aromatic heterocycles. The molecule has 0 aliphatic heterocycles. The summed E-state index contributed by atoms with van der Waals surface area (Å²) in [5.41, 5.74) is 4.68. The molecular weight excluding hydrogens is 641 g/mol. The molecule has 0 saturated heterocycles. The van der Waals surface area contributed by atoms with Gasteiger partial charge in [-0.05, 0) is 47.2 Å². The smallest absolute Gasteiger partial charge is 0.142 e. The lowest BCUT2D eigenvalue weighted by molar-refractivity contribution is 0.460. The van der Waals surface area contributed by atoms with Gasteiger partial charge in [0.05, 0.1) is 22.2 Å². The van der Waals surface area contributed by atoms with Crippen molar-refractivity contribution in [1.82, 2.24) is 24.1 Å². The Kier molecular flexibility index (Phi) is 7.70. The van der Waals surface area contributed by atoms with Gasteiger partial charge in [0.15, 0.2) is 0 Å². The normalized spacial score (nSPS) is 11.7. The predicted molar refractivity (Wildman–Crippen MR) is 189 cm³/mol. The molecule has 4 aromatic carbocycles. The fourth-order valence-corrected chi connectivity index (χ4v) is 7.76. The highest BCUT2D eigenvalue weighted by Gasteiger charge is 2.40. The van der Waals surface area contributed by atoms with E-state index in [4.69, 9.17) is 5.10 Å². The Morgan fingerprint density at radius 3 is 1.83 bits per heavy atom. The second kappa shape index (κ2) is 12.3. The van der Waals surface area contributed by atoms with Crippen LogP contribution in [0.3, 0.4) is 0 Å². The van der Waals surface area contributed by atoms with E-state index in [-0.39, 0.29) is 11.3 Å². The first-order valence-electron chi connectivity index (χ1n) is 15.3. The SMILES string of the molecule is CSc1cnc(-c2cnc3ccc(-c4cn(C(c5ccccc5)(c5ccccc5)c5ccccc5)nc4-c4c(F)cccc4F)cn23)s1. The van der Waals surface area contributed by atoms with Crippen LogP contribution in [0.25, 0.3) is 38.7 Å². The number of hydrogen-bond acceptors (Lipinski definition) is 5. The molecule has 0 aliphatic carbocycles. The Morgan fingerprint density at radius 2 is 1.27 bits per heavy atom. The van der Waals surface area contributed by atoms with E-state index in [1.54, 1.807) is 29.3 Å². The van der Waals surface area contributed by atoms with Crippen molar-refractivity contribution in [1.29, 1.82) is 0 Å². The predicted octanol–water partition coefficient (Wildman–Crippen LogP) is 9.83. The quantitative estimate of drug-likeness (QED) is 0.120. The van der Waals surface area contributed by atoms with Gasteiger partial charge < -0.3 is 0 Å². The molecule has 48 heavy (non-hydrogen) atoms. The summed E-state index contributed by atoms with van der Waals surface area (Å²) in [4.78, 5) is 9.25. The fourth-order valence-electron chi connectivity index (χ4n) is 6.37. The lowest BCUT2D eigenvalue weighted by Crippen LogP contribution is -2.38. The zero-order chi connectivity index (χ0) is 32.7. The third-order valence-electron chi connectivity index (χ3n) is 8.55. The monoisotopic (exact) mass is 667 g/mol. The van der Waals surface area contributed by atoms with Gasteiger partial charge in [0.25, 0.3) is 0 Å². The topological polar surface area (TPSA) is 48.0 Å². The summed E-state index contributed by atoms with van der Waals surface area (Å²) in [5.74, 6) is -1.38. The number of halogens is 2. The number of nitrogens with zero attached hydrogens (tertiary/aromatic N) is 5. The van der Waals surface area contributed by atoms with Crippen molar-refractivity contribution in [3.63, 3.8) is 0 Å². The molecule has 5 nitrogen and oxygen atoms in total. The molecule has 8 rings (SSSR count). The molecular formula is C39H27F2N5S2. The molecule has 0 spiro atoms. The third kappa shape index (κ3) is 4.94. The van der Waals surface area contributed by atoms with Gasteiger partial charge in [-0.25, -0.2) is 18.7 Å². The molecule has 9 heteroatoms. The molecule has 0 saturated carbocycles. The van der Waals surface area contributed by atoms with Crippen molar-refractivity contribution in [3.05, 3.63) is 174 Å². The highest BCUT2D eigenvalue weighted by Crippen LogP contribution is 2.44. The zero-order valence-electron chi connectivity index (χ0n) is 25.7. The van der Waals surface area contributed by atoms with Crippen LogP contribution in [0.2, 0.25) is 0 Å². The number of fused-ring (bicyclic) bond motifs is 1. The molecule has 0 atom stereocenters. The van der Waals surface area contributed by atoms with Crippen molar-refractivity contribution in [2.75, 3.05) is 6.26 Å². The van der Waals surface area contributed by atoms with Crippen molar-refractivity contribution in [2.45, 2.75) is 9.75 Å². The Balaban J connectivity index is 1.45. The number of benzene rings is 4. The summed E-state index contributed by atoms with van der Waals surface area (Å²) in [6, 6.07) is 38.0. The number of pyridine rings is 1. The lowest BCUT2D eigenvalue weighted by Gasteiger charge is -2.36. The summed E-state index contributed by atoms with van der Waals surface area (Å²) in [7, 11) is 0. The van der Waals surface area contributed by atoms with Crippen LogP contribution < -0.4 is 0 Å². The first kappa shape index (κ1) is 30.0. The van der Waals surface area contributed by atoms with Crippen LogP contribution >= 0.6 is 23.1 Å². The van der Waals surface area contributed by atoms with Gasteiger partial charge >= 0.3 is 0 Å². The Morgan fingerprint density at radius 1 is 0.667 bits per heavy atom. The van der Waals surface area contributed by atoms with Crippen LogP contribution in [-0.4, -0.2) is 30.4 Å². The van der Waals surface area contributed by atoms with Gasteiger partial charge in [-0.1, -0.05) is 97.1 Å². The number of aromatic nitrogens is 5. The highest BCUT2D eigenvalue weighted by atomic mass is 32.2. The molecule has 0 aliphatic rings. The van der Waals surface area contributed by atoms with Gasteiger partial charge in [-0.2, -0.15) is 5.10 Å². The minimum Gasteiger partial charge on any atom is -0.297 e. The Labute approximate surface area is 284 Å². The first-order chi connectivity index (χ1) is 23.6. The van der Waals surface area contributed by atoms with Crippen LogP contribution in [0.4, 0.5) is 8.78 Å². The van der Waals surface area contributed by atoms with Gasteiger partial charge in [0, 0.05) is 23.5 Å². The highest BCUT2D eigenvalue weighted by molar-refractivity contribution is 8.00. The number of rotatable bonds is 8. The van der Waals surface area contributed by atoms with Crippen LogP contribution in [0, 0.1) is 11.6 Å². The van der Waals surface area contributed by atoms with E-state index < -0.39 is 17.2 Å². The maximum absolute atomic E-state index is 15.7. The van der Waals surface area contributed by atoms with Gasteiger partial charge in [0.1, 0.15) is 39.2 Å². The maximum Gasteiger partial charge on any atom is 0.142 e. The van der Waals surface area contributed by atoms with Crippen LogP contribution in [-0.2, 0) is 5.54 Å². The van der Waals surface area contributed by atoms with Crippen molar-refractivity contribution in [3.8, 4) is 33.1 Å². The van der Waals surface area contributed by atoms with E-state index in [0.717, 1.165) is 42.8 Å². The maximum atomic E-state index is 15.7. The molecule has 0 radical (unpaired) electrons. The second-order valence-electron chi connectivity index (χ2n) is 11.2. The van der Waals surface area contributed by atoms with Crippen molar-refractivity contribution < 1.29 is 8.78 Å². The van der Waals surface area contributed by atoms with E-state index in [1.165, 1.54) is 18.2 Å². The summed E-state index contributed by atoms with van der Waals surface area (Å²) in [5, 5.41) is 5.97. The zero-order valence-corrected chi connectivity index (χ0v) is 27.3. The Hall–Kier alpha value is -5.38. The molecule has 0 N–H and O–H groups in total. The average Bonchev–Trinajstić information content (AvgIpc) is 3.89. The number of hydrogen-bond donors (Lipinski definition) is 0. The summed E-state index contributed by atoms with van der Waals surface area (Å²) in [6.07, 6.45) is 9.52. The van der Waals surface area contributed by atoms with E-state index in [0.29, 0.717) is 5.56 Å². The number of thioether (sulfide) groups is 1. The van der Waals surface area contributed by atoms with Crippen LogP contribution in [0.1, 0.15) is 16.7 Å². The summed E-state index contributed by atoms with van der Waals surface area (Å²) < 4.78 is 36.4. The largest absolute Gasteiger partial charge is 0.297 e. The van der Waals surface area contributed by atoms with E-state index in [9.17, 15) is 0 Å². The average molecular weight is 668 g/mol. The molecule has 234 valence electrons. The summed E-state index contributed by atoms with van der Waals surface area (Å²) >= 11 is 3.23.